The Bertz CT molecular complexity index is 1380. The molecule has 0 bridgehead atoms. The maximum absolute atomic E-state index is 13.4. The zero-order valence-electron chi connectivity index (χ0n) is 17.7. The molecule has 3 heterocycles. The molecule has 0 spiro atoms. The van der Waals surface area contributed by atoms with Gasteiger partial charge in [-0.05, 0) is 43.7 Å². The van der Waals surface area contributed by atoms with Crippen LogP contribution in [0.1, 0.15) is 38.1 Å². The van der Waals surface area contributed by atoms with E-state index in [9.17, 15) is 14.4 Å². The van der Waals surface area contributed by atoms with Gasteiger partial charge in [0, 0.05) is 13.0 Å². The SMILES string of the molecule is CCOC(=O)C1=C(C)N=c2sc(=Cc3ccco3)c(=O)n2C1c1ccc(OC(C)=O)cc1. The van der Waals surface area contributed by atoms with Gasteiger partial charge < -0.3 is 13.9 Å². The molecule has 4 rings (SSSR count). The number of benzene rings is 1. The lowest BCUT2D eigenvalue weighted by atomic mass is 9.96. The zero-order valence-corrected chi connectivity index (χ0v) is 18.5. The summed E-state index contributed by atoms with van der Waals surface area (Å²) < 4.78 is 17.6. The molecule has 0 amide bonds. The van der Waals surface area contributed by atoms with Gasteiger partial charge in [-0.15, -0.1) is 0 Å². The molecule has 0 saturated carbocycles. The predicted molar refractivity (Wildman–Crippen MR) is 117 cm³/mol. The maximum Gasteiger partial charge on any atom is 0.338 e. The maximum atomic E-state index is 13.4. The summed E-state index contributed by atoms with van der Waals surface area (Å²) in [4.78, 5) is 42.4. The van der Waals surface area contributed by atoms with Gasteiger partial charge in [-0.25, -0.2) is 9.79 Å². The molecule has 8 nitrogen and oxygen atoms in total. The molecule has 2 aromatic heterocycles. The van der Waals surface area contributed by atoms with Crippen molar-refractivity contribution in [2.75, 3.05) is 6.61 Å². The Kier molecular flexibility index (Phi) is 5.91. The Labute approximate surface area is 186 Å². The highest BCUT2D eigenvalue weighted by atomic mass is 32.1. The third kappa shape index (κ3) is 4.06. The van der Waals surface area contributed by atoms with Crippen molar-refractivity contribution in [2.45, 2.75) is 26.8 Å². The normalized spacial score (nSPS) is 15.8. The van der Waals surface area contributed by atoms with E-state index in [1.54, 1.807) is 56.3 Å². The standard InChI is InChI=1S/C23H20N2O6S/c1-4-29-22(28)19-13(2)24-23-25(21(27)18(32-23)12-17-6-5-11-30-17)20(19)15-7-9-16(10-8-15)31-14(3)26/h5-12,20H,4H2,1-3H3. The van der Waals surface area contributed by atoms with Gasteiger partial charge in [0.1, 0.15) is 11.5 Å². The monoisotopic (exact) mass is 452 g/mol. The molecule has 1 unspecified atom stereocenters. The van der Waals surface area contributed by atoms with Crippen molar-refractivity contribution < 1.29 is 23.5 Å². The zero-order chi connectivity index (χ0) is 22.8. The van der Waals surface area contributed by atoms with E-state index in [0.29, 0.717) is 32.1 Å². The van der Waals surface area contributed by atoms with Gasteiger partial charge in [0.05, 0.1) is 34.7 Å². The van der Waals surface area contributed by atoms with Gasteiger partial charge in [-0.3, -0.25) is 14.2 Å². The minimum absolute atomic E-state index is 0.191. The van der Waals surface area contributed by atoms with Crippen LogP contribution in [0.5, 0.6) is 5.75 Å². The van der Waals surface area contributed by atoms with Gasteiger partial charge in [-0.2, -0.15) is 0 Å². The van der Waals surface area contributed by atoms with Crippen LogP contribution in [0.2, 0.25) is 0 Å². The molecule has 164 valence electrons. The van der Waals surface area contributed by atoms with Gasteiger partial charge in [0.25, 0.3) is 5.56 Å². The Morgan fingerprint density at radius 2 is 2.00 bits per heavy atom. The molecule has 1 aliphatic rings. The van der Waals surface area contributed by atoms with E-state index < -0.39 is 18.0 Å². The second kappa shape index (κ2) is 8.80. The molecule has 3 aromatic rings. The molecule has 0 saturated heterocycles. The van der Waals surface area contributed by atoms with Crippen LogP contribution in [0.25, 0.3) is 6.08 Å². The summed E-state index contributed by atoms with van der Waals surface area (Å²) in [5.41, 5.74) is 1.12. The number of rotatable bonds is 5. The molecule has 1 aliphatic heterocycles. The third-order valence-electron chi connectivity index (χ3n) is 4.79. The van der Waals surface area contributed by atoms with Gasteiger partial charge in [0.2, 0.25) is 0 Å². The van der Waals surface area contributed by atoms with Crippen LogP contribution in [0.3, 0.4) is 0 Å². The van der Waals surface area contributed by atoms with E-state index in [2.05, 4.69) is 4.99 Å². The number of furan rings is 1. The first-order chi connectivity index (χ1) is 15.4. The second-order valence-electron chi connectivity index (χ2n) is 6.98. The fourth-order valence-electron chi connectivity index (χ4n) is 3.49. The Hall–Kier alpha value is -3.72. The van der Waals surface area contributed by atoms with Crippen molar-refractivity contribution >= 4 is 29.4 Å². The molecule has 1 atom stereocenters. The number of aromatic nitrogens is 1. The second-order valence-corrected chi connectivity index (χ2v) is 7.99. The van der Waals surface area contributed by atoms with E-state index in [-0.39, 0.29) is 17.7 Å². The predicted octanol–water partition coefficient (Wildman–Crippen LogP) is 2.32. The summed E-state index contributed by atoms with van der Waals surface area (Å²) in [5.74, 6) is -0.0708. The van der Waals surface area contributed by atoms with Crippen molar-refractivity contribution in [2.24, 2.45) is 4.99 Å². The number of carbonyl (C=O) groups is 2. The molecule has 0 aliphatic carbocycles. The van der Waals surface area contributed by atoms with Gasteiger partial charge in [-0.1, -0.05) is 23.5 Å². The van der Waals surface area contributed by atoms with Crippen LogP contribution < -0.4 is 19.6 Å². The van der Waals surface area contributed by atoms with Crippen molar-refractivity contribution in [3.8, 4) is 5.75 Å². The number of nitrogens with zero attached hydrogens (tertiary/aromatic N) is 2. The van der Waals surface area contributed by atoms with Crippen LogP contribution in [0, 0.1) is 0 Å². The lowest BCUT2D eigenvalue weighted by Gasteiger charge is -2.24. The number of hydrogen-bond acceptors (Lipinski definition) is 8. The van der Waals surface area contributed by atoms with E-state index in [4.69, 9.17) is 13.9 Å². The number of fused-ring (bicyclic) bond motifs is 1. The summed E-state index contributed by atoms with van der Waals surface area (Å²) in [6.45, 7) is 4.94. The average Bonchev–Trinajstić information content (AvgIpc) is 3.36. The highest BCUT2D eigenvalue weighted by molar-refractivity contribution is 7.07. The van der Waals surface area contributed by atoms with Crippen LogP contribution in [-0.4, -0.2) is 23.1 Å². The third-order valence-corrected chi connectivity index (χ3v) is 5.77. The molecule has 0 fully saturated rings. The minimum atomic E-state index is -0.740. The van der Waals surface area contributed by atoms with E-state index in [1.807, 2.05) is 0 Å². The van der Waals surface area contributed by atoms with Gasteiger partial charge >= 0.3 is 11.9 Å². The molecule has 0 radical (unpaired) electrons. The summed E-state index contributed by atoms with van der Waals surface area (Å²) in [7, 11) is 0. The summed E-state index contributed by atoms with van der Waals surface area (Å²) in [6.07, 6.45) is 3.17. The number of esters is 2. The topological polar surface area (TPSA) is 100 Å². The summed E-state index contributed by atoms with van der Waals surface area (Å²) in [5, 5.41) is 0. The lowest BCUT2D eigenvalue weighted by molar-refractivity contribution is -0.139. The minimum Gasteiger partial charge on any atom is -0.465 e. The number of thiazole rings is 1. The average molecular weight is 452 g/mol. The fourth-order valence-corrected chi connectivity index (χ4v) is 4.52. The Balaban J connectivity index is 1.90. The number of ether oxygens (including phenoxy) is 2. The number of allylic oxidation sites excluding steroid dienone is 1. The van der Waals surface area contributed by atoms with Crippen LogP contribution in [0.15, 0.2) is 68.1 Å². The van der Waals surface area contributed by atoms with E-state index >= 15 is 0 Å². The molecular formula is C23H20N2O6S. The van der Waals surface area contributed by atoms with Crippen molar-refractivity contribution in [3.63, 3.8) is 0 Å². The van der Waals surface area contributed by atoms with Crippen molar-refractivity contribution in [1.29, 1.82) is 0 Å². The van der Waals surface area contributed by atoms with E-state index in [1.165, 1.54) is 29.1 Å². The van der Waals surface area contributed by atoms with Crippen molar-refractivity contribution in [3.05, 3.63) is 84.9 Å². The lowest BCUT2D eigenvalue weighted by Crippen LogP contribution is -2.39. The summed E-state index contributed by atoms with van der Waals surface area (Å²) >= 11 is 1.21. The first-order valence-corrected chi connectivity index (χ1v) is 10.7. The number of carbonyl (C=O) groups excluding carboxylic acids is 2. The van der Waals surface area contributed by atoms with E-state index in [0.717, 1.165) is 0 Å². The summed E-state index contributed by atoms with van der Waals surface area (Å²) in [6, 6.07) is 9.41. The van der Waals surface area contributed by atoms with Crippen LogP contribution >= 0.6 is 11.3 Å². The van der Waals surface area contributed by atoms with Crippen LogP contribution in [0.4, 0.5) is 0 Å². The smallest absolute Gasteiger partial charge is 0.338 e. The van der Waals surface area contributed by atoms with Crippen LogP contribution in [-0.2, 0) is 14.3 Å². The largest absolute Gasteiger partial charge is 0.465 e. The molecule has 9 heteroatoms. The highest BCUT2D eigenvalue weighted by Gasteiger charge is 2.33. The van der Waals surface area contributed by atoms with Gasteiger partial charge in [0.15, 0.2) is 4.80 Å². The molecular weight excluding hydrogens is 432 g/mol. The van der Waals surface area contributed by atoms with Crippen molar-refractivity contribution in [1.82, 2.24) is 4.57 Å². The number of hydrogen-bond donors (Lipinski definition) is 0. The fraction of sp³-hybridized carbons (Fsp3) is 0.217. The first-order valence-electron chi connectivity index (χ1n) is 9.90. The highest BCUT2D eigenvalue weighted by Crippen LogP contribution is 2.31. The Morgan fingerprint density at radius 3 is 2.62 bits per heavy atom. The molecule has 32 heavy (non-hydrogen) atoms. The molecule has 0 N–H and O–H groups in total. The first kappa shape index (κ1) is 21.5. The quantitative estimate of drug-likeness (QED) is 0.435. The molecule has 1 aromatic carbocycles. The Morgan fingerprint density at radius 1 is 1.25 bits per heavy atom.